The maximum absolute atomic E-state index is 10.6. The largest absolute Gasteiger partial charge is 0.393 e. The zero-order valence-electron chi connectivity index (χ0n) is 8.33. The van der Waals surface area contributed by atoms with E-state index in [4.69, 9.17) is 5.73 Å². The maximum atomic E-state index is 10.6. The van der Waals surface area contributed by atoms with E-state index in [0.29, 0.717) is 0 Å². The molecule has 16 heavy (non-hydrogen) atoms. The smallest absolute Gasteiger partial charge is 0.292 e. The Bertz CT molecular complexity index is 526. The molecule has 0 saturated carbocycles. The van der Waals surface area contributed by atoms with Gasteiger partial charge in [-0.25, -0.2) is 0 Å². The van der Waals surface area contributed by atoms with E-state index >= 15 is 0 Å². The fourth-order valence-corrected chi connectivity index (χ4v) is 1.41. The molecule has 0 bridgehead atoms. The van der Waals surface area contributed by atoms with Gasteiger partial charge in [-0.1, -0.05) is 6.07 Å². The highest BCUT2D eigenvalue weighted by atomic mass is 16.6. The predicted molar refractivity (Wildman–Crippen MR) is 60.7 cm³/mol. The SMILES string of the molecule is Nc1cc(-c2ccccn2)ccc1[N+](=O)[O-]. The molecule has 2 N–H and O–H groups in total. The van der Waals surface area contributed by atoms with Crippen molar-refractivity contribution in [2.24, 2.45) is 0 Å². The van der Waals surface area contributed by atoms with Crippen LogP contribution in [-0.2, 0) is 0 Å². The second-order valence-corrected chi connectivity index (χ2v) is 3.25. The molecule has 0 unspecified atom stereocenters. The fourth-order valence-electron chi connectivity index (χ4n) is 1.41. The summed E-state index contributed by atoms with van der Waals surface area (Å²) in [4.78, 5) is 14.2. The van der Waals surface area contributed by atoms with Gasteiger partial charge < -0.3 is 5.73 Å². The van der Waals surface area contributed by atoms with Gasteiger partial charge in [-0.3, -0.25) is 15.1 Å². The zero-order chi connectivity index (χ0) is 11.5. The Labute approximate surface area is 91.7 Å². The van der Waals surface area contributed by atoms with E-state index < -0.39 is 4.92 Å². The van der Waals surface area contributed by atoms with Crippen LogP contribution in [0.1, 0.15) is 0 Å². The molecule has 5 nitrogen and oxygen atoms in total. The van der Waals surface area contributed by atoms with Gasteiger partial charge in [-0.2, -0.15) is 0 Å². The van der Waals surface area contributed by atoms with Gasteiger partial charge in [0.05, 0.1) is 10.6 Å². The molecule has 2 aromatic rings. The molecule has 0 amide bonds. The van der Waals surface area contributed by atoms with Crippen molar-refractivity contribution in [1.29, 1.82) is 0 Å². The Hall–Kier alpha value is -2.43. The molecule has 0 atom stereocenters. The van der Waals surface area contributed by atoms with E-state index in [1.165, 1.54) is 6.07 Å². The van der Waals surface area contributed by atoms with Crippen molar-refractivity contribution in [3.05, 3.63) is 52.7 Å². The second-order valence-electron chi connectivity index (χ2n) is 3.25. The molecule has 0 aliphatic rings. The van der Waals surface area contributed by atoms with Crippen molar-refractivity contribution < 1.29 is 4.92 Å². The van der Waals surface area contributed by atoms with Crippen LogP contribution in [0.2, 0.25) is 0 Å². The van der Waals surface area contributed by atoms with Gasteiger partial charge in [-0.05, 0) is 24.3 Å². The maximum Gasteiger partial charge on any atom is 0.292 e. The monoisotopic (exact) mass is 215 g/mol. The summed E-state index contributed by atoms with van der Waals surface area (Å²) in [5.41, 5.74) is 7.16. The Balaban J connectivity index is 2.46. The summed E-state index contributed by atoms with van der Waals surface area (Å²) in [5.74, 6) is 0. The highest BCUT2D eigenvalue weighted by molar-refractivity contribution is 5.70. The molecule has 0 radical (unpaired) electrons. The number of nitrogens with two attached hydrogens (primary N) is 1. The third-order valence-corrected chi connectivity index (χ3v) is 2.18. The quantitative estimate of drug-likeness (QED) is 0.473. The van der Waals surface area contributed by atoms with E-state index in [1.807, 2.05) is 12.1 Å². The summed E-state index contributed by atoms with van der Waals surface area (Å²) in [7, 11) is 0. The number of nitro groups is 1. The van der Waals surface area contributed by atoms with Crippen LogP contribution in [0.4, 0.5) is 11.4 Å². The van der Waals surface area contributed by atoms with Crippen molar-refractivity contribution in [2.75, 3.05) is 5.73 Å². The summed E-state index contributed by atoms with van der Waals surface area (Å²) in [6.45, 7) is 0. The Morgan fingerprint density at radius 2 is 2.06 bits per heavy atom. The number of hydrogen-bond acceptors (Lipinski definition) is 4. The minimum atomic E-state index is -0.502. The molecule has 5 heteroatoms. The molecule has 2 rings (SSSR count). The van der Waals surface area contributed by atoms with Gasteiger partial charge >= 0.3 is 0 Å². The lowest BCUT2D eigenvalue weighted by Crippen LogP contribution is -1.95. The Kier molecular flexibility index (Phi) is 2.51. The molecular weight excluding hydrogens is 206 g/mol. The van der Waals surface area contributed by atoms with Gasteiger partial charge in [0.25, 0.3) is 5.69 Å². The van der Waals surface area contributed by atoms with Crippen molar-refractivity contribution in [2.45, 2.75) is 0 Å². The summed E-state index contributed by atoms with van der Waals surface area (Å²) in [6.07, 6.45) is 1.66. The topological polar surface area (TPSA) is 82.0 Å². The van der Waals surface area contributed by atoms with Gasteiger partial charge in [0.1, 0.15) is 5.69 Å². The van der Waals surface area contributed by atoms with E-state index in [9.17, 15) is 10.1 Å². The lowest BCUT2D eigenvalue weighted by Gasteiger charge is -2.02. The minimum Gasteiger partial charge on any atom is -0.393 e. The van der Waals surface area contributed by atoms with E-state index in [0.717, 1.165) is 11.3 Å². The first-order valence-electron chi connectivity index (χ1n) is 4.64. The number of aromatic nitrogens is 1. The zero-order valence-corrected chi connectivity index (χ0v) is 8.33. The van der Waals surface area contributed by atoms with Crippen LogP contribution in [0.15, 0.2) is 42.6 Å². The van der Waals surface area contributed by atoms with Crippen LogP contribution in [0.3, 0.4) is 0 Å². The Morgan fingerprint density at radius 1 is 1.25 bits per heavy atom. The molecule has 1 aromatic heterocycles. The number of hydrogen-bond donors (Lipinski definition) is 1. The van der Waals surface area contributed by atoms with Crippen LogP contribution in [0.25, 0.3) is 11.3 Å². The summed E-state index contributed by atoms with van der Waals surface area (Å²) in [6, 6.07) is 10.1. The average molecular weight is 215 g/mol. The number of nitrogen functional groups attached to an aromatic ring is 1. The van der Waals surface area contributed by atoms with Crippen LogP contribution in [0, 0.1) is 10.1 Å². The fraction of sp³-hybridized carbons (Fsp3) is 0. The van der Waals surface area contributed by atoms with E-state index in [1.54, 1.807) is 24.4 Å². The van der Waals surface area contributed by atoms with Gasteiger partial charge in [0.15, 0.2) is 0 Å². The lowest BCUT2D eigenvalue weighted by atomic mass is 10.1. The average Bonchev–Trinajstić information content (AvgIpc) is 2.29. The first-order chi connectivity index (χ1) is 7.68. The minimum absolute atomic E-state index is 0.0836. The van der Waals surface area contributed by atoms with Crippen molar-refractivity contribution in [3.63, 3.8) is 0 Å². The third kappa shape index (κ3) is 1.83. The molecular formula is C11H9N3O2. The second kappa shape index (κ2) is 3.98. The molecule has 0 aliphatic heterocycles. The number of nitro benzene ring substituents is 1. The predicted octanol–water partition coefficient (Wildman–Crippen LogP) is 2.24. The summed E-state index contributed by atoms with van der Waals surface area (Å²) < 4.78 is 0. The number of nitrogens with zero attached hydrogens (tertiary/aromatic N) is 2. The van der Waals surface area contributed by atoms with E-state index in [-0.39, 0.29) is 11.4 Å². The number of benzene rings is 1. The van der Waals surface area contributed by atoms with Crippen molar-refractivity contribution in [1.82, 2.24) is 4.98 Å². The van der Waals surface area contributed by atoms with Crippen molar-refractivity contribution in [3.8, 4) is 11.3 Å². The summed E-state index contributed by atoms with van der Waals surface area (Å²) in [5, 5.41) is 10.6. The molecule has 0 spiro atoms. The highest BCUT2D eigenvalue weighted by Crippen LogP contribution is 2.26. The van der Waals surface area contributed by atoms with Gasteiger partial charge in [-0.15, -0.1) is 0 Å². The van der Waals surface area contributed by atoms with E-state index in [2.05, 4.69) is 4.98 Å². The molecule has 80 valence electrons. The van der Waals surface area contributed by atoms with Gasteiger partial charge in [0.2, 0.25) is 0 Å². The van der Waals surface area contributed by atoms with Crippen molar-refractivity contribution >= 4 is 11.4 Å². The molecule has 0 fully saturated rings. The molecule has 0 saturated heterocycles. The molecule has 1 heterocycles. The van der Waals surface area contributed by atoms with Gasteiger partial charge in [0, 0.05) is 17.8 Å². The number of anilines is 1. The first kappa shape index (κ1) is 10.1. The van der Waals surface area contributed by atoms with Crippen LogP contribution in [0.5, 0.6) is 0 Å². The lowest BCUT2D eigenvalue weighted by molar-refractivity contribution is -0.383. The number of rotatable bonds is 2. The van der Waals surface area contributed by atoms with Crippen LogP contribution >= 0.6 is 0 Å². The third-order valence-electron chi connectivity index (χ3n) is 2.18. The summed E-state index contributed by atoms with van der Waals surface area (Å²) >= 11 is 0. The molecule has 1 aromatic carbocycles. The Morgan fingerprint density at radius 3 is 2.62 bits per heavy atom. The highest BCUT2D eigenvalue weighted by Gasteiger charge is 2.11. The first-order valence-corrected chi connectivity index (χ1v) is 4.64. The van der Waals surface area contributed by atoms with Crippen LogP contribution < -0.4 is 5.73 Å². The number of pyridine rings is 1. The molecule has 0 aliphatic carbocycles. The normalized spacial score (nSPS) is 10.0. The van der Waals surface area contributed by atoms with Crippen LogP contribution in [-0.4, -0.2) is 9.91 Å². The standard InChI is InChI=1S/C11H9N3O2/c12-9-7-8(4-5-11(9)14(15)16)10-3-1-2-6-13-10/h1-7H,12H2.